The van der Waals surface area contributed by atoms with Crippen molar-refractivity contribution < 1.29 is 23.2 Å². The minimum Gasteiger partial charge on any atom is -0.481 e. The summed E-state index contributed by atoms with van der Waals surface area (Å²) in [6.07, 6.45) is -0.960. The summed E-state index contributed by atoms with van der Waals surface area (Å²) in [5.41, 5.74) is 4.90. The molecule has 11 heteroatoms. The van der Waals surface area contributed by atoms with Gasteiger partial charge < -0.3 is 10.1 Å². The van der Waals surface area contributed by atoms with Crippen LogP contribution in [0.15, 0.2) is 36.4 Å². The third-order valence-electron chi connectivity index (χ3n) is 3.53. The van der Waals surface area contributed by atoms with E-state index in [-0.39, 0.29) is 22.2 Å². The maximum atomic E-state index is 13.6. The number of anilines is 1. The average molecular weight is 410 g/mol. The van der Waals surface area contributed by atoms with Crippen LogP contribution in [0.2, 0.25) is 0 Å². The highest BCUT2D eigenvalue weighted by Crippen LogP contribution is 2.23. The molecule has 0 aliphatic carbocycles. The highest BCUT2D eigenvalue weighted by molar-refractivity contribution is 7.80. The summed E-state index contributed by atoms with van der Waals surface area (Å²) < 4.78 is 31.9. The number of aryl methyl sites for hydroxylation is 1. The molecule has 0 aromatic heterocycles. The molecule has 1 atom stereocenters. The Hall–Kier alpha value is -3.34. The third kappa shape index (κ3) is 5.58. The Morgan fingerprint density at radius 3 is 2.54 bits per heavy atom. The van der Waals surface area contributed by atoms with Crippen molar-refractivity contribution in [2.75, 3.05) is 5.32 Å². The molecule has 0 saturated carbocycles. The van der Waals surface area contributed by atoms with Gasteiger partial charge in [0, 0.05) is 17.7 Å². The molecule has 0 saturated heterocycles. The predicted octanol–water partition coefficient (Wildman–Crippen LogP) is 2.97. The van der Waals surface area contributed by atoms with Gasteiger partial charge in [-0.1, -0.05) is 0 Å². The molecule has 0 spiro atoms. The van der Waals surface area contributed by atoms with Crippen molar-refractivity contribution in [3.05, 3.63) is 63.7 Å². The molecule has 3 N–H and O–H groups in total. The van der Waals surface area contributed by atoms with Crippen LogP contribution in [0.25, 0.3) is 0 Å². The first-order valence-corrected chi connectivity index (χ1v) is 8.32. The number of thiocarbonyl (C=S) groups is 1. The lowest BCUT2D eigenvalue weighted by Gasteiger charge is -2.17. The number of nitrogens with zero attached hydrogens (tertiary/aromatic N) is 1. The summed E-state index contributed by atoms with van der Waals surface area (Å²) >= 11 is 4.92. The number of benzene rings is 2. The standard InChI is InChI=1S/C17H16F2N4O4S/c1-9-7-12(4-6-15(9)23(25)26)27-10(2)16(24)21-22-17(28)20-14-5-3-11(18)8-13(14)19/h3-8,10H,1-2H3,(H,21,24)(H2,20,22,28). The summed E-state index contributed by atoms with van der Waals surface area (Å²) in [4.78, 5) is 22.4. The lowest BCUT2D eigenvalue weighted by Crippen LogP contribution is -2.48. The van der Waals surface area contributed by atoms with Crippen LogP contribution in [-0.2, 0) is 4.79 Å². The van der Waals surface area contributed by atoms with Gasteiger partial charge in [0.15, 0.2) is 11.2 Å². The number of nitrogens with one attached hydrogen (secondary N) is 3. The van der Waals surface area contributed by atoms with Gasteiger partial charge in [0.05, 0.1) is 10.6 Å². The molecule has 1 unspecified atom stereocenters. The first kappa shape index (κ1) is 21.0. The van der Waals surface area contributed by atoms with E-state index in [1.54, 1.807) is 6.92 Å². The Morgan fingerprint density at radius 2 is 1.93 bits per heavy atom. The molecule has 2 rings (SSSR count). The van der Waals surface area contributed by atoms with Crippen molar-refractivity contribution in [1.29, 1.82) is 0 Å². The van der Waals surface area contributed by atoms with E-state index >= 15 is 0 Å². The largest absolute Gasteiger partial charge is 0.481 e. The number of halogens is 2. The fraction of sp³-hybridized carbons (Fsp3) is 0.176. The molecule has 28 heavy (non-hydrogen) atoms. The van der Waals surface area contributed by atoms with Crippen LogP contribution in [0.1, 0.15) is 12.5 Å². The Kier molecular flexibility index (Phi) is 6.77. The molecule has 1 amide bonds. The zero-order valence-electron chi connectivity index (χ0n) is 14.8. The summed E-state index contributed by atoms with van der Waals surface area (Å²) in [6.45, 7) is 3.01. The second-order valence-corrected chi connectivity index (χ2v) is 6.07. The number of nitro benzene ring substituents is 1. The maximum absolute atomic E-state index is 13.6. The zero-order chi connectivity index (χ0) is 20.8. The number of nitro groups is 1. The van der Waals surface area contributed by atoms with E-state index in [0.29, 0.717) is 11.6 Å². The molecule has 2 aromatic carbocycles. The number of rotatable bonds is 5. The second kappa shape index (κ2) is 9.04. The van der Waals surface area contributed by atoms with E-state index < -0.39 is 28.6 Å². The molecule has 8 nitrogen and oxygen atoms in total. The maximum Gasteiger partial charge on any atom is 0.279 e. The number of ether oxygens (including phenoxy) is 1. The molecule has 2 aromatic rings. The van der Waals surface area contributed by atoms with Gasteiger partial charge in [-0.3, -0.25) is 25.8 Å². The van der Waals surface area contributed by atoms with E-state index in [4.69, 9.17) is 17.0 Å². The van der Waals surface area contributed by atoms with Crippen molar-refractivity contribution in [3.63, 3.8) is 0 Å². The van der Waals surface area contributed by atoms with Gasteiger partial charge >= 0.3 is 0 Å². The topological polar surface area (TPSA) is 106 Å². The Labute approximate surface area is 164 Å². The van der Waals surface area contributed by atoms with Crippen LogP contribution in [0.3, 0.4) is 0 Å². The minimum absolute atomic E-state index is 0.0597. The van der Waals surface area contributed by atoms with Gasteiger partial charge in [-0.15, -0.1) is 0 Å². The lowest BCUT2D eigenvalue weighted by molar-refractivity contribution is -0.385. The summed E-state index contributed by atoms with van der Waals surface area (Å²) in [6, 6.07) is 7.00. The first-order chi connectivity index (χ1) is 13.2. The van der Waals surface area contributed by atoms with Crippen LogP contribution < -0.4 is 20.9 Å². The van der Waals surface area contributed by atoms with Gasteiger partial charge in [0.25, 0.3) is 11.6 Å². The van der Waals surface area contributed by atoms with Gasteiger partial charge in [-0.05, 0) is 50.3 Å². The van der Waals surface area contributed by atoms with Crippen molar-refractivity contribution in [1.82, 2.24) is 10.9 Å². The molecule has 0 heterocycles. The Bertz CT molecular complexity index is 926. The second-order valence-electron chi connectivity index (χ2n) is 5.66. The van der Waals surface area contributed by atoms with E-state index in [0.717, 1.165) is 12.1 Å². The smallest absolute Gasteiger partial charge is 0.279 e. The summed E-state index contributed by atoms with van der Waals surface area (Å²) in [5, 5.41) is 13.2. The quantitative estimate of drug-likeness (QED) is 0.395. The van der Waals surface area contributed by atoms with Gasteiger partial charge in [-0.25, -0.2) is 8.78 Å². The fourth-order valence-electron chi connectivity index (χ4n) is 2.13. The van der Waals surface area contributed by atoms with Crippen LogP contribution in [0.4, 0.5) is 20.2 Å². The van der Waals surface area contributed by atoms with Crippen molar-refractivity contribution >= 4 is 34.6 Å². The number of carbonyl (C=O) groups excluding carboxylic acids is 1. The molecule has 148 valence electrons. The average Bonchev–Trinajstić information content (AvgIpc) is 2.61. The van der Waals surface area contributed by atoms with Crippen LogP contribution in [-0.4, -0.2) is 22.0 Å². The third-order valence-corrected chi connectivity index (χ3v) is 3.73. The normalized spacial score (nSPS) is 11.3. The number of amides is 1. The van der Waals surface area contributed by atoms with Crippen LogP contribution >= 0.6 is 12.2 Å². The molecular weight excluding hydrogens is 394 g/mol. The van der Waals surface area contributed by atoms with E-state index in [1.807, 2.05) is 0 Å². The molecule has 0 fully saturated rings. The van der Waals surface area contributed by atoms with Gasteiger partial charge in [0.1, 0.15) is 17.4 Å². The van der Waals surface area contributed by atoms with E-state index in [2.05, 4.69) is 16.2 Å². The van der Waals surface area contributed by atoms with Crippen molar-refractivity contribution in [3.8, 4) is 5.75 Å². The van der Waals surface area contributed by atoms with Crippen molar-refractivity contribution in [2.45, 2.75) is 20.0 Å². The summed E-state index contributed by atoms with van der Waals surface area (Å²) in [5.74, 6) is -1.90. The van der Waals surface area contributed by atoms with E-state index in [1.165, 1.54) is 25.1 Å². The SMILES string of the molecule is Cc1cc(OC(C)C(=O)NNC(=S)Nc2ccc(F)cc2F)ccc1[N+](=O)[O-]. The molecular formula is C17H16F2N4O4S. The number of hydrogen-bond acceptors (Lipinski definition) is 5. The Balaban J connectivity index is 1.87. The van der Waals surface area contributed by atoms with Gasteiger partial charge in [0.2, 0.25) is 0 Å². The molecule has 0 bridgehead atoms. The monoisotopic (exact) mass is 410 g/mol. The lowest BCUT2D eigenvalue weighted by atomic mass is 10.2. The van der Waals surface area contributed by atoms with Crippen LogP contribution in [0, 0.1) is 28.7 Å². The highest BCUT2D eigenvalue weighted by Gasteiger charge is 2.17. The van der Waals surface area contributed by atoms with Crippen LogP contribution in [0.5, 0.6) is 5.75 Å². The number of carbonyl (C=O) groups is 1. The minimum atomic E-state index is -0.960. The van der Waals surface area contributed by atoms with Crippen molar-refractivity contribution in [2.24, 2.45) is 0 Å². The molecule has 0 aliphatic heterocycles. The zero-order valence-corrected chi connectivity index (χ0v) is 15.6. The Morgan fingerprint density at radius 1 is 1.21 bits per heavy atom. The fourth-order valence-corrected chi connectivity index (χ4v) is 2.29. The highest BCUT2D eigenvalue weighted by atomic mass is 32.1. The number of hydrogen-bond donors (Lipinski definition) is 3. The predicted molar refractivity (Wildman–Crippen MR) is 102 cm³/mol. The summed E-state index contributed by atoms with van der Waals surface area (Å²) in [7, 11) is 0. The first-order valence-electron chi connectivity index (χ1n) is 7.91. The molecule has 0 radical (unpaired) electrons. The molecule has 0 aliphatic rings. The number of hydrazine groups is 1. The van der Waals surface area contributed by atoms with E-state index in [9.17, 15) is 23.7 Å². The van der Waals surface area contributed by atoms with Gasteiger partial charge in [-0.2, -0.15) is 0 Å².